The van der Waals surface area contributed by atoms with Crippen molar-refractivity contribution in [2.45, 2.75) is 46.2 Å². The smallest absolute Gasteiger partial charge is 0.261 e. The maximum Gasteiger partial charge on any atom is 0.261 e. The van der Waals surface area contributed by atoms with E-state index in [4.69, 9.17) is 4.98 Å². The molecule has 0 aliphatic rings. The molecule has 0 bridgehead atoms. The van der Waals surface area contributed by atoms with Crippen LogP contribution >= 0.6 is 0 Å². The van der Waals surface area contributed by atoms with Gasteiger partial charge in [-0.25, -0.2) is 4.98 Å². The first kappa shape index (κ1) is 14.7. The van der Waals surface area contributed by atoms with E-state index in [0.29, 0.717) is 11.9 Å². The molecule has 4 nitrogen and oxygen atoms in total. The van der Waals surface area contributed by atoms with Crippen molar-refractivity contribution in [1.29, 1.82) is 0 Å². The summed E-state index contributed by atoms with van der Waals surface area (Å²) in [6, 6.07) is 7.80. The molecular formula is C16H24N3O+. The average Bonchev–Trinajstić information content (AvgIpc) is 2.47. The Morgan fingerprint density at radius 1 is 1.30 bits per heavy atom. The first-order valence-corrected chi connectivity index (χ1v) is 7.51. The van der Waals surface area contributed by atoms with Crippen LogP contribution in [0, 0.1) is 0 Å². The van der Waals surface area contributed by atoms with E-state index in [1.54, 1.807) is 4.57 Å². The molecule has 0 radical (unpaired) electrons. The molecule has 1 heterocycles. The van der Waals surface area contributed by atoms with Crippen LogP contribution in [-0.2, 0) is 6.54 Å². The molecule has 20 heavy (non-hydrogen) atoms. The van der Waals surface area contributed by atoms with E-state index in [1.807, 2.05) is 31.2 Å². The largest absolute Gasteiger partial charge is 0.338 e. The first-order valence-electron chi connectivity index (χ1n) is 7.51. The Morgan fingerprint density at radius 3 is 2.75 bits per heavy atom. The van der Waals surface area contributed by atoms with Crippen LogP contribution in [-0.4, -0.2) is 16.1 Å². The predicted molar refractivity (Wildman–Crippen MR) is 81.8 cm³/mol. The van der Waals surface area contributed by atoms with Crippen LogP contribution in [0.2, 0.25) is 0 Å². The van der Waals surface area contributed by atoms with Crippen molar-refractivity contribution >= 4 is 10.9 Å². The summed E-state index contributed by atoms with van der Waals surface area (Å²) in [5.41, 5.74) is 0.872. The number of rotatable bonds is 6. The van der Waals surface area contributed by atoms with Crippen molar-refractivity contribution in [3.05, 3.63) is 40.4 Å². The lowest BCUT2D eigenvalue weighted by molar-refractivity contribution is -0.694. The van der Waals surface area contributed by atoms with Crippen LogP contribution < -0.4 is 10.9 Å². The lowest BCUT2D eigenvalue weighted by Crippen LogP contribution is -2.85. The molecule has 1 aromatic heterocycles. The summed E-state index contributed by atoms with van der Waals surface area (Å²) in [6.45, 7) is 8.05. The third-order valence-electron chi connectivity index (χ3n) is 3.69. The van der Waals surface area contributed by atoms with Gasteiger partial charge in [0.25, 0.3) is 5.56 Å². The standard InChI is InChI=1S/C16H23N3O/c1-4-6-11-17-12(3)15-18-14-10-8-7-9-13(14)16(20)19(15)5-2/h7-10,12,17H,4-6,11H2,1-3H3/p+1/t12-/m1/s1. The van der Waals surface area contributed by atoms with Gasteiger partial charge in [0.15, 0.2) is 5.82 Å². The minimum atomic E-state index is 0.0730. The zero-order chi connectivity index (χ0) is 14.5. The number of aromatic nitrogens is 2. The lowest BCUT2D eigenvalue weighted by Gasteiger charge is -2.16. The van der Waals surface area contributed by atoms with Crippen molar-refractivity contribution in [1.82, 2.24) is 9.55 Å². The van der Waals surface area contributed by atoms with Gasteiger partial charge in [-0.15, -0.1) is 0 Å². The van der Waals surface area contributed by atoms with Gasteiger partial charge in [0.05, 0.1) is 17.4 Å². The number of nitrogens with two attached hydrogens (primary N) is 1. The van der Waals surface area contributed by atoms with Crippen LogP contribution in [0.1, 0.15) is 45.5 Å². The van der Waals surface area contributed by atoms with E-state index >= 15 is 0 Å². The second-order valence-electron chi connectivity index (χ2n) is 5.20. The van der Waals surface area contributed by atoms with Gasteiger partial charge in [-0.05, 0) is 32.4 Å². The molecule has 0 fully saturated rings. The molecule has 0 amide bonds. The molecule has 2 rings (SSSR count). The topological polar surface area (TPSA) is 51.5 Å². The quantitative estimate of drug-likeness (QED) is 0.817. The van der Waals surface area contributed by atoms with Crippen LogP contribution in [0.4, 0.5) is 0 Å². The Morgan fingerprint density at radius 2 is 2.05 bits per heavy atom. The SMILES string of the molecule is CCCC[NH2+][C@H](C)c1nc2ccccc2c(=O)n1CC. The summed E-state index contributed by atoms with van der Waals surface area (Å²) in [6.07, 6.45) is 2.38. The average molecular weight is 274 g/mol. The first-order chi connectivity index (χ1) is 9.69. The molecular weight excluding hydrogens is 250 g/mol. The van der Waals surface area contributed by atoms with Gasteiger partial charge in [-0.1, -0.05) is 25.5 Å². The predicted octanol–water partition coefficient (Wildman–Crippen LogP) is 1.84. The molecule has 0 saturated heterocycles. The Kier molecular flexibility index (Phi) is 4.90. The van der Waals surface area contributed by atoms with Gasteiger partial charge in [-0.3, -0.25) is 9.36 Å². The van der Waals surface area contributed by atoms with E-state index in [0.717, 1.165) is 17.9 Å². The van der Waals surface area contributed by atoms with Gasteiger partial charge in [0, 0.05) is 6.54 Å². The zero-order valence-electron chi connectivity index (χ0n) is 12.6. The van der Waals surface area contributed by atoms with E-state index in [-0.39, 0.29) is 11.6 Å². The number of unbranched alkanes of at least 4 members (excludes halogenated alkanes) is 1. The second kappa shape index (κ2) is 6.66. The fourth-order valence-electron chi connectivity index (χ4n) is 2.52. The lowest BCUT2D eigenvalue weighted by atomic mass is 10.2. The molecule has 108 valence electrons. The van der Waals surface area contributed by atoms with Gasteiger partial charge >= 0.3 is 0 Å². The summed E-state index contributed by atoms with van der Waals surface area (Å²) in [5.74, 6) is 0.882. The molecule has 1 atom stereocenters. The second-order valence-corrected chi connectivity index (χ2v) is 5.20. The Hall–Kier alpha value is -1.68. The number of hydrogen-bond acceptors (Lipinski definition) is 2. The monoisotopic (exact) mass is 274 g/mol. The number of benzene rings is 1. The highest BCUT2D eigenvalue weighted by molar-refractivity contribution is 5.77. The molecule has 0 spiro atoms. The highest BCUT2D eigenvalue weighted by Crippen LogP contribution is 2.11. The van der Waals surface area contributed by atoms with Crippen LogP contribution in [0.25, 0.3) is 10.9 Å². The van der Waals surface area contributed by atoms with Crippen molar-refractivity contribution in [3.8, 4) is 0 Å². The normalized spacial score (nSPS) is 12.8. The number of quaternary nitrogens is 1. The maximum atomic E-state index is 12.5. The van der Waals surface area contributed by atoms with Crippen molar-refractivity contribution < 1.29 is 5.32 Å². The van der Waals surface area contributed by atoms with E-state index in [2.05, 4.69) is 19.2 Å². The van der Waals surface area contributed by atoms with Crippen molar-refractivity contribution in [2.75, 3.05) is 6.54 Å². The molecule has 0 aliphatic carbocycles. The van der Waals surface area contributed by atoms with E-state index in [1.165, 1.54) is 12.8 Å². The number of para-hydroxylation sites is 1. The Labute approximate surface area is 119 Å². The third kappa shape index (κ3) is 2.90. The van der Waals surface area contributed by atoms with Gasteiger partial charge in [0.2, 0.25) is 0 Å². The molecule has 2 N–H and O–H groups in total. The number of nitrogens with zero attached hydrogens (tertiary/aromatic N) is 2. The minimum Gasteiger partial charge on any atom is -0.338 e. The molecule has 0 saturated carbocycles. The fourth-order valence-corrected chi connectivity index (χ4v) is 2.52. The molecule has 0 aliphatic heterocycles. The number of fused-ring (bicyclic) bond motifs is 1. The van der Waals surface area contributed by atoms with Crippen molar-refractivity contribution in [3.63, 3.8) is 0 Å². The molecule has 4 heteroatoms. The van der Waals surface area contributed by atoms with Gasteiger partial charge in [-0.2, -0.15) is 0 Å². The number of hydrogen-bond donors (Lipinski definition) is 1. The molecule has 0 unspecified atom stereocenters. The summed E-state index contributed by atoms with van der Waals surface area (Å²) < 4.78 is 1.80. The summed E-state index contributed by atoms with van der Waals surface area (Å²) in [5, 5.41) is 2.98. The van der Waals surface area contributed by atoms with Gasteiger partial charge < -0.3 is 5.32 Å². The molecule has 1 aromatic carbocycles. The minimum absolute atomic E-state index is 0.0730. The summed E-state index contributed by atoms with van der Waals surface area (Å²) >= 11 is 0. The van der Waals surface area contributed by atoms with Crippen LogP contribution in [0.3, 0.4) is 0 Å². The highest BCUT2D eigenvalue weighted by atomic mass is 16.1. The molecule has 2 aromatic rings. The van der Waals surface area contributed by atoms with E-state index < -0.39 is 0 Å². The van der Waals surface area contributed by atoms with Crippen LogP contribution in [0.5, 0.6) is 0 Å². The fraction of sp³-hybridized carbons (Fsp3) is 0.500. The summed E-state index contributed by atoms with van der Waals surface area (Å²) in [4.78, 5) is 17.2. The summed E-state index contributed by atoms with van der Waals surface area (Å²) in [7, 11) is 0. The van der Waals surface area contributed by atoms with Gasteiger partial charge in [0.1, 0.15) is 6.04 Å². The Balaban J connectivity index is 2.43. The van der Waals surface area contributed by atoms with Crippen molar-refractivity contribution in [2.24, 2.45) is 0 Å². The van der Waals surface area contributed by atoms with Crippen LogP contribution in [0.15, 0.2) is 29.1 Å². The third-order valence-corrected chi connectivity index (χ3v) is 3.69. The zero-order valence-corrected chi connectivity index (χ0v) is 12.6. The maximum absolute atomic E-state index is 12.5. The Bertz CT molecular complexity index is 633. The highest BCUT2D eigenvalue weighted by Gasteiger charge is 2.17. The van der Waals surface area contributed by atoms with E-state index in [9.17, 15) is 4.79 Å².